The molecule has 182 valence electrons. The summed E-state index contributed by atoms with van der Waals surface area (Å²) in [6, 6.07) is 17.4. The van der Waals surface area contributed by atoms with E-state index < -0.39 is 17.6 Å². The molecule has 3 rings (SSSR count). The topological polar surface area (TPSA) is 59.9 Å². The third-order valence-corrected chi connectivity index (χ3v) is 4.88. The van der Waals surface area contributed by atoms with Crippen LogP contribution in [0, 0.1) is 0 Å². The Morgan fingerprint density at radius 3 is 2.51 bits per heavy atom. The second-order valence-corrected chi connectivity index (χ2v) is 7.49. The van der Waals surface area contributed by atoms with Gasteiger partial charge in [-0.3, -0.25) is 4.79 Å². The van der Waals surface area contributed by atoms with E-state index in [-0.39, 0.29) is 5.56 Å². The van der Waals surface area contributed by atoms with Gasteiger partial charge in [-0.15, -0.1) is 6.58 Å². The van der Waals surface area contributed by atoms with Crippen molar-refractivity contribution in [3.05, 3.63) is 107 Å². The fourth-order valence-corrected chi connectivity index (χ4v) is 3.29. The SMILES string of the molecule is C=CCc1cc(/C=N\NC(=O)c2cccc(C(F)(F)F)c2)cc(OCC)c1OCc1ccccc1. The molecule has 0 atom stereocenters. The molecular weight excluding hydrogens is 457 g/mol. The van der Waals surface area contributed by atoms with Gasteiger partial charge in [-0.2, -0.15) is 18.3 Å². The molecule has 0 radical (unpaired) electrons. The maximum Gasteiger partial charge on any atom is 0.416 e. The van der Waals surface area contributed by atoms with Crippen molar-refractivity contribution in [2.45, 2.75) is 26.1 Å². The summed E-state index contributed by atoms with van der Waals surface area (Å²) in [6.07, 6.45) is -0.915. The lowest BCUT2D eigenvalue weighted by atomic mass is 10.1. The molecule has 3 aromatic carbocycles. The molecule has 0 aliphatic heterocycles. The predicted molar refractivity (Wildman–Crippen MR) is 129 cm³/mol. The van der Waals surface area contributed by atoms with Gasteiger partial charge >= 0.3 is 6.18 Å². The van der Waals surface area contributed by atoms with Gasteiger partial charge in [0.05, 0.1) is 18.4 Å². The number of carbonyl (C=O) groups is 1. The molecule has 0 fully saturated rings. The maximum absolute atomic E-state index is 12.9. The van der Waals surface area contributed by atoms with E-state index in [9.17, 15) is 18.0 Å². The highest BCUT2D eigenvalue weighted by atomic mass is 19.4. The Morgan fingerprint density at radius 2 is 1.83 bits per heavy atom. The summed E-state index contributed by atoms with van der Waals surface area (Å²) in [5, 5.41) is 3.91. The van der Waals surface area contributed by atoms with Gasteiger partial charge in [0.25, 0.3) is 5.91 Å². The number of hydrazone groups is 1. The van der Waals surface area contributed by atoms with Crippen molar-refractivity contribution in [1.29, 1.82) is 0 Å². The monoisotopic (exact) mass is 482 g/mol. The number of allylic oxidation sites excluding steroid dienone is 1. The first-order chi connectivity index (χ1) is 16.8. The average Bonchev–Trinajstić information content (AvgIpc) is 2.84. The maximum atomic E-state index is 12.9. The van der Waals surface area contributed by atoms with Gasteiger partial charge in [0.15, 0.2) is 11.5 Å². The third kappa shape index (κ3) is 7.20. The molecular formula is C27H25F3N2O3. The molecule has 0 saturated heterocycles. The third-order valence-electron chi connectivity index (χ3n) is 4.88. The summed E-state index contributed by atoms with van der Waals surface area (Å²) in [4.78, 5) is 12.3. The number of hydrogen-bond donors (Lipinski definition) is 1. The smallest absolute Gasteiger partial charge is 0.416 e. The van der Waals surface area contributed by atoms with Crippen molar-refractivity contribution in [2.24, 2.45) is 5.10 Å². The fraction of sp³-hybridized carbons (Fsp3) is 0.185. The van der Waals surface area contributed by atoms with E-state index in [1.807, 2.05) is 43.3 Å². The molecule has 0 spiro atoms. The molecule has 35 heavy (non-hydrogen) atoms. The van der Waals surface area contributed by atoms with Crippen molar-refractivity contribution in [2.75, 3.05) is 6.61 Å². The van der Waals surface area contributed by atoms with Crippen LogP contribution in [0.5, 0.6) is 11.5 Å². The van der Waals surface area contributed by atoms with Gasteiger partial charge in [-0.05, 0) is 54.8 Å². The van der Waals surface area contributed by atoms with Crippen LogP contribution < -0.4 is 14.9 Å². The average molecular weight is 483 g/mol. The molecule has 0 bridgehead atoms. The molecule has 0 aliphatic carbocycles. The van der Waals surface area contributed by atoms with Crippen LogP contribution in [-0.4, -0.2) is 18.7 Å². The summed E-state index contributed by atoms with van der Waals surface area (Å²) in [6.45, 7) is 6.41. The summed E-state index contributed by atoms with van der Waals surface area (Å²) in [5.74, 6) is 0.334. The fourth-order valence-electron chi connectivity index (χ4n) is 3.29. The van der Waals surface area contributed by atoms with Crippen molar-refractivity contribution < 1.29 is 27.4 Å². The first-order valence-electron chi connectivity index (χ1n) is 10.9. The van der Waals surface area contributed by atoms with Crippen LogP contribution in [0.1, 0.15) is 39.5 Å². The lowest BCUT2D eigenvalue weighted by Gasteiger charge is -2.16. The lowest BCUT2D eigenvalue weighted by Crippen LogP contribution is -2.18. The Bertz CT molecular complexity index is 1190. The second kappa shape index (κ2) is 11.9. The van der Waals surface area contributed by atoms with Crippen LogP contribution >= 0.6 is 0 Å². The largest absolute Gasteiger partial charge is 0.490 e. The number of nitrogens with one attached hydrogen (secondary N) is 1. The Hall–Kier alpha value is -4.07. The molecule has 0 aliphatic rings. The zero-order chi connectivity index (χ0) is 25.3. The number of hydrogen-bond acceptors (Lipinski definition) is 4. The number of halogens is 3. The highest BCUT2D eigenvalue weighted by Crippen LogP contribution is 2.34. The minimum absolute atomic E-state index is 0.149. The first kappa shape index (κ1) is 25.6. The highest BCUT2D eigenvalue weighted by molar-refractivity contribution is 5.95. The van der Waals surface area contributed by atoms with Crippen molar-refractivity contribution in [1.82, 2.24) is 5.43 Å². The summed E-state index contributed by atoms with van der Waals surface area (Å²) >= 11 is 0. The van der Waals surface area contributed by atoms with Crippen LogP contribution in [0.25, 0.3) is 0 Å². The minimum Gasteiger partial charge on any atom is -0.490 e. The Balaban J connectivity index is 1.79. The number of rotatable bonds is 10. The minimum atomic E-state index is -4.54. The zero-order valence-electron chi connectivity index (χ0n) is 19.1. The Morgan fingerprint density at radius 1 is 1.06 bits per heavy atom. The summed E-state index contributed by atoms with van der Waals surface area (Å²) in [5.41, 5.74) is 3.63. The Kier molecular flexibility index (Phi) is 8.67. The molecule has 0 saturated carbocycles. The van der Waals surface area contributed by atoms with E-state index >= 15 is 0 Å². The van der Waals surface area contributed by atoms with Crippen LogP contribution in [-0.2, 0) is 19.2 Å². The van der Waals surface area contributed by atoms with E-state index in [2.05, 4.69) is 17.1 Å². The summed E-state index contributed by atoms with van der Waals surface area (Å²) < 4.78 is 50.6. The van der Waals surface area contributed by atoms with Crippen molar-refractivity contribution in [3.63, 3.8) is 0 Å². The number of benzene rings is 3. The van der Waals surface area contributed by atoms with Crippen LogP contribution in [0.15, 0.2) is 84.5 Å². The number of ether oxygens (including phenoxy) is 2. The molecule has 8 heteroatoms. The number of carbonyl (C=O) groups excluding carboxylic acids is 1. The molecule has 0 aromatic heterocycles. The van der Waals surface area contributed by atoms with Crippen molar-refractivity contribution >= 4 is 12.1 Å². The van der Waals surface area contributed by atoms with Gasteiger partial charge in [0, 0.05) is 11.1 Å². The highest BCUT2D eigenvalue weighted by Gasteiger charge is 2.30. The summed E-state index contributed by atoms with van der Waals surface area (Å²) in [7, 11) is 0. The van der Waals surface area contributed by atoms with Gasteiger partial charge in [-0.25, -0.2) is 5.43 Å². The second-order valence-electron chi connectivity index (χ2n) is 7.49. The number of nitrogens with zero attached hydrogens (tertiary/aromatic N) is 1. The van der Waals surface area contributed by atoms with Crippen LogP contribution in [0.2, 0.25) is 0 Å². The molecule has 0 heterocycles. The van der Waals surface area contributed by atoms with Gasteiger partial charge in [0.1, 0.15) is 6.61 Å². The van der Waals surface area contributed by atoms with Crippen LogP contribution in [0.3, 0.4) is 0 Å². The van der Waals surface area contributed by atoms with Gasteiger partial charge in [0.2, 0.25) is 0 Å². The van der Waals surface area contributed by atoms with E-state index in [1.54, 1.807) is 12.1 Å². The van der Waals surface area contributed by atoms with E-state index in [0.29, 0.717) is 36.7 Å². The molecule has 1 N–H and O–H groups in total. The van der Waals surface area contributed by atoms with Gasteiger partial charge < -0.3 is 9.47 Å². The molecule has 5 nitrogen and oxygen atoms in total. The van der Waals surface area contributed by atoms with Crippen LogP contribution in [0.4, 0.5) is 13.2 Å². The van der Waals surface area contributed by atoms with E-state index in [4.69, 9.17) is 9.47 Å². The Labute approximate surface area is 201 Å². The quantitative estimate of drug-likeness (QED) is 0.213. The van der Waals surface area contributed by atoms with Crippen molar-refractivity contribution in [3.8, 4) is 11.5 Å². The molecule has 3 aromatic rings. The normalized spacial score (nSPS) is 11.3. The zero-order valence-corrected chi connectivity index (χ0v) is 19.1. The van der Waals surface area contributed by atoms with Gasteiger partial charge in [-0.1, -0.05) is 42.5 Å². The number of amides is 1. The van der Waals surface area contributed by atoms with E-state index in [1.165, 1.54) is 18.3 Å². The lowest BCUT2D eigenvalue weighted by molar-refractivity contribution is -0.137. The first-order valence-corrected chi connectivity index (χ1v) is 10.9. The predicted octanol–water partition coefficient (Wildman–Crippen LogP) is 6.18. The molecule has 0 unspecified atom stereocenters. The number of alkyl halides is 3. The molecule has 1 amide bonds. The van der Waals surface area contributed by atoms with E-state index in [0.717, 1.165) is 23.3 Å². The standard InChI is InChI=1S/C27H25F3N2O3/c1-3-9-21-14-20(15-24(34-4-2)25(21)35-18-19-10-6-5-7-11-19)17-31-32-26(33)22-12-8-13-23(16-22)27(28,29)30/h3,5-8,10-17H,1,4,9,18H2,2H3,(H,32,33)/b31-17-.